The van der Waals surface area contributed by atoms with Crippen molar-refractivity contribution in [1.82, 2.24) is 19.6 Å². The number of halogens is 1. The molecule has 1 fully saturated rings. The number of rotatable bonds is 3. The molecule has 21 heavy (non-hydrogen) atoms. The van der Waals surface area contributed by atoms with Crippen LogP contribution in [0, 0.1) is 0 Å². The zero-order chi connectivity index (χ0) is 14.2. The Labute approximate surface area is 130 Å². The quantitative estimate of drug-likeness (QED) is 0.890. The van der Waals surface area contributed by atoms with Gasteiger partial charge < -0.3 is 10.3 Å². The van der Waals surface area contributed by atoms with Crippen LogP contribution in [0.1, 0.15) is 12.8 Å². The van der Waals surface area contributed by atoms with Gasteiger partial charge in [0.1, 0.15) is 0 Å². The Balaban J connectivity index is 0.00000161. The molecule has 0 spiro atoms. The first kappa shape index (κ1) is 16.2. The average molecular weight is 331 g/mol. The fourth-order valence-corrected chi connectivity index (χ4v) is 4.01. The molecule has 1 aliphatic heterocycles. The Bertz CT molecular complexity index is 683. The van der Waals surface area contributed by atoms with Gasteiger partial charge in [-0.1, -0.05) is 12.1 Å². The van der Waals surface area contributed by atoms with Gasteiger partial charge in [-0.05, 0) is 32.0 Å². The lowest BCUT2D eigenvalue weighted by Crippen LogP contribution is -2.47. The van der Waals surface area contributed by atoms with Gasteiger partial charge >= 0.3 is 0 Å². The topological polar surface area (TPSA) is 78.1 Å². The van der Waals surface area contributed by atoms with Gasteiger partial charge in [0.15, 0.2) is 0 Å². The number of likely N-dealkylation sites (N-methyl/N-ethyl adjacent to an activating group) is 1. The van der Waals surface area contributed by atoms with E-state index in [9.17, 15) is 8.42 Å². The number of nitrogens with one attached hydrogen (secondary N) is 2. The number of aromatic amines is 1. The van der Waals surface area contributed by atoms with E-state index in [1.165, 1.54) is 4.31 Å². The summed E-state index contributed by atoms with van der Waals surface area (Å²) in [7, 11) is -1.68. The van der Waals surface area contributed by atoms with Gasteiger partial charge in [0.25, 0.3) is 10.0 Å². The molecule has 1 unspecified atom stereocenters. The number of aromatic nitrogens is 2. The number of hydrogen-bond donors (Lipinski definition) is 2. The van der Waals surface area contributed by atoms with Gasteiger partial charge in [-0.2, -0.15) is 4.31 Å². The first-order chi connectivity index (χ1) is 9.61. The van der Waals surface area contributed by atoms with Crippen molar-refractivity contribution >= 4 is 33.5 Å². The van der Waals surface area contributed by atoms with Crippen LogP contribution in [-0.2, 0) is 10.0 Å². The Morgan fingerprint density at radius 2 is 2.14 bits per heavy atom. The summed E-state index contributed by atoms with van der Waals surface area (Å²) in [5, 5.41) is 3.18. The van der Waals surface area contributed by atoms with E-state index in [1.807, 2.05) is 25.2 Å². The van der Waals surface area contributed by atoms with Crippen LogP contribution in [0.5, 0.6) is 0 Å². The first-order valence-electron chi connectivity index (χ1n) is 6.73. The van der Waals surface area contributed by atoms with Crippen molar-refractivity contribution in [3.63, 3.8) is 0 Å². The third-order valence-corrected chi connectivity index (χ3v) is 5.44. The van der Waals surface area contributed by atoms with Crippen LogP contribution in [0.2, 0.25) is 0 Å². The zero-order valence-electron chi connectivity index (χ0n) is 11.7. The normalized spacial score (nSPS) is 20.3. The van der Waals surface area contributed by atoms with Crippen molar-refractivity contribution < 1.29 is 8.42 Å². The predicted octanol–water partition coefficient (Wildman–Crippen LogP) is 1.36. The number of hydrogen-bond acceptors (Lipinski definition) is 4. The van der Waals surface area contributed by atoms with Crippen LogP contribution < -0.4 is 5.32 Å². The SMILES string of the molecule is CNC1CCCN(S(=O)(=O)c2nc3ccccc3[nH]2)C1.Cl. The molecule has 1 saturated heterocycles. The minimum Gasteiger partial charge on any atom is -0.328 e. The first-order valence-corrected chi connectivity index (χ1v) is 8.17. The average Bonchev–Trinajstić information content (AvgIpc) is 2.92. The van der Waals surface area contributed by atoms with Gasteiger partial charge in [-0.3, -0.25) is 0 Å². The number of benzene rings is 1. The second-order valence-corrected chi connectivity index (χ2v) is 6.90. The van der Waals surface area contributed by atoms with Crippen molar-refractivity contribution in [2.45, 2.75) is 24.0 Å². The summed E-state index contributed by atoms with van der Waals surface area (Å²) in [6.45, 7) is 1.05. The van der Waals surface area contributed by atoms with Crippen LogP contribution >= 0.6 is 12.4 Å². The third kappa shape index (κ3) is 3.06. The summed E-state index contributed by atoms with van der Waals surface area (Å²) in [5.41, 5.74) is 1.42. The molecule has 1 aromatic carbocycles. The summed E-state index contributed by atoms with van der Waals surface area (Å²) in [5.74, 6) is 0. The Morgan fingerprint density at radius 3 is 2.86 bits per heavy atom. The van der Waals surface area contributed by atoms with E-state index in [-0.39, 0.29) is 23.6 Å². The van der Waals surface area contributed by atoms with E-state index < -0.39 is 10.0 Å². The minimum absolute atomic E-state index is 0. The summed E-state index contributed by atoms with van der Waals surface area (Å²) in [6, 6.07) is 7.54. The van der Waals surface area contributed by atoms with Crippen LogP contribution in [0.4, 0.5) is 0 Å². The molecule has 0 bridgehead atoms. The maximum Gasteiger partial charge on any atom is 0.276 e. The smallest absolute Gasteiger partial charge is 0.276 e. The summed E-state index contributed by atoms with van der Waals surface area (Å²) >= 11 is 0. The van der Waals surface area contributed by atoms with Crippen molar-refractivity contribution in [2.24, 2.45) is 0 Å². The van der Waals surface area contributed by atoms with Gasteiger partial charge in [0.05, 0.1) is 11.0 Å². The second-order valence-electron chi connectivity index (χ2n) is 5.05. The number of para-hydroxylation sites is 2. The number of sulfonamides is 1. The van der Waals surface area contributed by atoms with E-state index >= 15 is 0 Å². The second kappa shape index (κ2) is 6.31. The van der Waals surface area contributed by atoms with Crippen molar-refractivity contribution in [2.75, 3.05) is 20.1 Å². The van der Waals surface area contributed by atoms with E-state index in [0.717, 1.165) is 18.4 Å². The van der Waals surface area contributed by atoms with E-state index in [4.69, 9.17) is 0 Å². The molecular formula is C13H19ClN4O2S. The van der Waals surface area contributed by atoms with E-state index in [2.05, 4.69) is 15.3 Å². The highest BCUT2D eigenvalue weighted by molar-refractivity contribution is 7.89. The van der Waals surface area contributed by atoms with E-state index in [1.54, 1.807) is 6.07 Å². The molecule has 0 aliphatic carbocycles. The molecule has 8 heteroatoms. The molecule has 116 valence electrons. The largest absolute Gasteiger partial charge is 0.328 e. The summed E-state index contributed by atoms with van der Waals surface area (Å²) in [6.07, 6.45) is 1.87. The van der Waals surface area contributed by atoms with Gasteiger partial charge in [-0.15, -0.1) is 12.4 Å². The molecule has 6 nitrogen and oxygen atoms in total. The fraction of sp³-hybridized carbons (Fsp3) is 0.462. The number of imidazole rings is 1. The van der Waals surface area contributed by atoms with Crippen LogP contribution in [0.25, 0.3) is 11.0 Å². The Morgan fingerprint density at radius 1 is 1.38 bits per heavy atom. The zero-order valence-corrected chi connectivity index (χ0v) is 13.4. The summed E-state index contributed by atoms with van der Waals surface area (Å²) < 4.78 is 26.8. The Kier molecular flexibility index (Phi) is 4.88. The molecular weight excluding hydrogens is 312 g/mol. The van der Waals surface area contributed by atoms with E-state index in [0.29, 0.717) is 18.6 Å². The lowest BCUT2D eigenvalue weighted by atomic mass is 10.1. The van der Waals surface area contributed by atoms with Gasteiger partial charge in [0, 0.05) is 19.1 Å². The highest BCUT2D eigenvalue weighted by Gasteiger charge is 2.31. The number of H-pyrrole nitrogens is 1. The maximum absolute atomic E-state index is 12.6. The number of fused-ring (bicyclic) bond motifs is 1. The standard InChI is InChI=1S/C13H18N4O2S.ClH/c1-14-10-5-4-8-17(9-10)20(18,19)13-15-11-6-2-3-7-12(11)16-13;/h2-3,6-7,10,14H,4-5,8-9H2,1H3,(H,15,16);1H. The molecule has 3 rings (SSSR count). The van der Waals surface area contributed by atoms with Crippen LogP contribution in [-0.4, -0.2) is 48.9 Å². The third-order valence-electron chi connectivity index (χ3n) is 3.74. The van der Waals surface area contributed by atoms with Gasteiger partial charge in [-0.25, -0.2) is 13.4 Å². The molecule has 2 aromatic rings. The molecule has 1 aliphatic rings. The molecule has 2 N–H and O–H groups in total. The molecule has 0 saturated carbocycles. The van der Waals surface area contributed by atoms with Crippen LogP contribution in [0.3, 0.4) is 0 Å². The molecule has 2 heterocycles. The molecule has 1 atom stereocenters. The van der Waals surface area contributed by atoms with Crippen molar-refractivity contribution in [1.29, 1.82) is 0 Å². The lowest BCUT2D eigenvalue weighted by molar-refractivity contribution is 0.291. The highest BCUT2D eigenvalue weighted by Crippen LogP contribution is 2.21. The monoisotopic (exact) mass is 330 g/mol. The minimum atomic E-state index is -3.54. The maximum atomic E-state index is 12.6. The highest BCUT2D eigenvalue weighted by atomic mass is 35.5. The van der Waals surface area contributed by atoms with Crippen molar-refractivity contribution in [3.05, 3.63) is 24.3 Å². The molecule has 0 radical (unpaired) electrons. The van der Waals surface area contributed by atoms with Crippen LogP contribution in [0.15, 0.2) is 29.4 Å². The summed E-state index contributed by atoms with van der Waals surface area (Å²) in [4.78, 5) is 7.11. The Hall–Kier alpha value is -1.15. The van der Waals surface area contributed by atoms with Gasteiger partial charge in [0.2, 0.25) is 5.16 Å². The molecule has 0 amide bonds. The number of nitrogens with zero attached hydrogens (tertiary/aromatic N) is 2. The van der Waals surface area contributed by atoms with Crippen molar-refractivity contribution in [3.8, 4) is 0 Å². The predicted molar refractivity (Wildman–Crippen MR) is 84.2 cm³/mol. The fourth-order valence-electron chi connectivity index (χ4n) is 2.57. The lowest BCUT2D eigenvalue weighted by Gasteiger charge is -2.30. The molecule has 1 aromatic heterocycles. The number of piperidine rings is 1.